The molecule has 0 aromatic heterocycles. The third-order valence-corrected chi connectivity index (χ3v) is 2.95. The number of hydrogen-bond donors (Lipinski definition) is 1. The lowest BCUT2D eigenvalue weighted by atomic mass is 10.0. The van der Waals surface area contributed by atoms with Gasteiger partial charge in [0.15, 0.2) is 0 Å². The highest BCUT2D eigenvalue weighted by atomic mass is 16.5. The van der Waals surface area contributed by atoms with Gasteiger partial charge in [0.1, 0.15) is 5.75 Å². The highest BCUT2D eigenvalue weighted by Gasteiger charge is 2.06. The van der Waals surface area contributed by atoms with Crippen molar-refractivity contribution in [1.82, 2.24) is 5.32 Å². The zero-order valence-corrected chi connectivity index (χ0v) is 10.8. The topological polar surface area (TPSA) is 21.3 Å². The molecule has 90 valence electrons. The molecule has 0 heterocycles. The van der Waals surface area contributed by atoms with Gasteiger partial charge in [0.2, 0.25) is 0 Å². The highest BCUT2D eigenvalue weighted by molar-refractivity contribution is 5.29. The van der Waals surface area contributed by atoms with Gasteiger partial charge in [-0.25, -0.2) is 0 Å². The fourth-order valence-corrected chi connectivity index (χ4v) is 1.70. The average Bonchev–Trinajstić information content (AvgIpc) is 2.32. The van der Waals surface area contributed by atoms with Gasteiger partial charge in [-0.05, 0) is 44.5 Å². The van der Waals surface area contributed by atoms with Crippen LogP contribution in [0.15, 0.2) is 24.3 Å². The summed E-state index contributed by atoms with van der Waals surface area (Å²) in [7, 11) is 2.00. The standard InChI is InChI=1S/C14H23NO/c1-5-11(3)16-13-9-7-12(8-10-13)14(6-2)15-4/h7-11,14-15H,5-6H2,1-4H3. The Morgan fingerprint density at radius 1 is 1.12 bits per heavy atom. The Balaban J connectivity index is 2.67. The predicted molar refractivity (Wildman–Crippen MR) is 68.9 cm³/mol. The molecule has 1 aromatic carbocycles. The Bertz CT molecular complexity index is 290. The molecule has 0 saturated heterocycles. The minimum Gasteiger partial charge on any atom is -0.491 e. The van der Waals surface area contributed by atoms with Crippen molar-refractivity contribution in [2.45, 2.75) is 45.8 Å². The van der Waals surface area contributed by atoms with Gasteiger partial charge in [0.25, 0.3) is 0 Å². The van der Waals surface area contributed by atoms with Crippen molar-refractivity contribution in [1.29, 1.82) is 0 Å². The third kappa shape index (κ3) is 3.53. The van der Waals surface area contributed by atoms with E-state index in [1.54, 1.807) is 0 Å². The molecule has 2 unspecified atom stereocenters. The smallest absolute Gasteiger partial charge is 0.119 e. The maximum absolute atomic E-state index is 5.75. The fourth-order valence-electron chi connectivity index (χ4n) is 1.70. The van der Waals surface area contributed by atoms with E-state index in [1.165, 1.54) is 5.56 Å². The van der Waals surface area contributed by atoms with E-state index in [-0.39, 0.29) is 6.10 Å². The van der Waals surface area contributed by atoms with E-state index in [0.29, 0.717) is 6.04 Å². The van der Waals surface area contributed by atoms with Gasteiger partial charge in [-0.15, -0.1) is 0 Å². The molecule has 16 heavy (non-hydrogen) atoms. The largest absolute Gasteiger partial charge is 0.491 e. The number of ether oxygens (including phenoxy) is 1. The molecule has 1 N–H and O–H groups in total. The van der Waals surface area contributed by atoms with Crippen LogP contribution < -0.4 is 10.1 Å². The maximum Gasteiger partial charge on any atom is 0.119 e. The van der Waals surface area contributed by atoms with Crippen LogP contribution in [0.2, 0.25) is 0 Å². The van der Waals surface area contributed by atoms with Crippen molar-refractivity contribution < 1.29 is 4.74 Å². The normalized spacial score (nSPS) is 14.5. The van der Waals surface area contributed by atoms with Crippen molar-refractivity contribution in [3.05, 3.63) is 29.8 Å². The van der Waals surface area contributed by atoms with Crippen LogP contribution in [-0.2, 0) is 0 Å². The quantitative estimate of drug-likeness (QED) is 0.793. The lowest BCUT2D eigenvalue weighted by Crippen LogP contribution is -2.15. The molecule has 0 radical (unpaired) electrons. The third-order valence-electron chi connectivity index (χ3n) is 2.95. The Kier molecular flexibility index (Phi) is 5.33. The van der Waals surface area contributed by atoms with Gasteiger partial charge in [-0.3, -0.25) is 0 Å². The summed E-state index contributed by atoms with van der Waals surface area (Å²) in [6.45, 7) is 6.41. The molecule has 0 aliphatic carbocycles. The van der Waals surface area contributed by atoms with E-state index in [2.05, 4.69) is 50.4 Å². The first-order valence-corrected chi connectivity index (χ1v) is 6.15. The van der Waals surface area contributed by atoms with Gasteiger partial charge in [-0.1, -0.05) is 26.0 Å². The lowest BCUT2D eigenvalue weighted by molar-refractivity contribution is 0.217. The first-order valence-electron chi connectivity index (χ1n) is 6.15. The zero-order valence-electron chi connectivity index (χ0n) is 10.8. The monoisotopic (exact) mass is 221 g/mol. The van der Waals surface area contributed by atoms with Crippen LogP contribution in [0.5, 0.6) is 5.75 Å². The Morgan fingerprint density at radius 2 is 1.75 bits per heavy atom. The maximum atomic E-state index is 5.75. The van der Waals surface area contributed by atoms with Gasteiger partial charge in [0, 0.05) is 6.04 Å². The van der Waals surface area contributed by atoms with Gasteiger partial charge in [0.05, 0.1) is 6.10 Å². The molecule has 0 bridgehead atoms. The predicted octanol–water partition coefficient (Wildman–Crippen LogP) is 3.53. The van der Waals surface area contributed by atoms with E-state index in [1.807, 2.05) is 7.05 Å². The van der Waals surface area contributed by atoms with Crippen LogP contribution in [0.1, 0.15) is 45.2 Å². The summed E-state index contributed by atoms with van der Waals surface area (Å²) in [6.07, 6.45) is 2.43. The number of rotatable bonds is 6. The molecule has 0 amide bonds. The molecule has 0 aliphatic heterocycles. The fraction of sp³-hybridized carbons (Fsp3) is 0.571. The minimum atomic E-state index is 0.289. The number of nitrogens with one attached hydrogen (secondary N) is 1. The lowest BCUT2D eigenvalue weighted by Gasteiger charge is -2.16. The summed E-state index contributed by atoms with van der Waals surface area (Å²) in [5.41, 5.74) is 1.32. The van der Waals surface area contributed by atoms with E-state index >= 15 is 0 Å². The Morgan fingerprint density at radius 3 is 2.19 bits per heavy atom. The van der Waals surface area contributed by atoms with E-state index in [9.17, 15) is 0 Å². The van der Waals surface area contributed by atoms with E-state index in [0.717, 1.165) is 18.6 Å². The Hall–Kier alpha value is -1.02. The second-order valence-electron chi connectivity index (χ2n) is 4.16. The van der Waals surface area contributed by atoms with Crippen LogP contribution in [0.25, 0.3) is 0 Å². The van der Waals surface area contributed by atoms with Crippen LogP contribution in [0.4, 0.5) is 0 Å². The zero-order chi connectivity index (χ0) is 12.0. The van der Waals surface area contributed by atoms with Crippen molar-refractivity contribution in [3.63, 3.8) is 0 Å². The number of hydrogen-bond acceptors (Lipinski definition) is 2. The molecule has 0 fully saturated rings. The van der Waals surface area contributed by atoms with Gasteiger partial charge in [-0.2, -0.15) is 0 Å². The SMILES string of the molecule is CCC(C)Oc1ccc(C(CC)NC)cc1. The molecule has 0 saturated carbocycles. The first-order chi connectivity index (χ1) is 7.71. The summed E-state index contributed by atoms with van der Waals surface area (Å²) in [5.74, 6) is 0.962. The van der Waals surface area contributed by atoms with E-state index < -0.39 is 0 Å². The van der Waals surface area contributed by atoms with Crippen LogP contribution in [0.3, 0.4) is 0 Å². The summed E-state index contributed by atoms with van der Waals surface area (Å²) in [4.78, 5) is 0. The molecule has 2 heteroatoms. The molecular weight excluding hydrogens is 198 g/mol. The number of benzene rings is 1. The first kappa shape index (κ1) is 13.0. The van der Waals surface area contributed by atoms with Crippen molar-refractivity contribution in [2.75, 3.05) is 7.05 Å². The van der Waals surface area contributed by atoms with Gasteiger partial charge < -0.3 is 10.1 Å². The molecular formula is C14H23NO. The molecule has 0 spiro atoms. The van der Waals surface area contributed by atoms with Crippen molar-refractivity contribution in [2.24, 2.45) is 0 Å². The average molecular weight is 221 g/mol. The van der Waals surface area contributed by atoms with Crippen LogP contribution >= 0.6 is 0 Å². The minimum absolute atomic E-state index is 0.289. The second-order valence-corrected chi connectivity index (χ2v) is 4.16. The molecule has 1 aromatic rings. The van der Waals surface area contributed by atoms with Crippen molar-refractivity contribution >= 4 is 0 Å². The van der Waals surface area contributed by atoms with E-state index in [4.69, 9.17) is 4.74 Å². The van der Waals surface area contributed by atoms with Crippen molar-refractivity contribution in [3.8, 4) is 5.75 Å². The summed E-state index contributed by atoms with van der Waals surface area (Å²) < 4.78 is 5.75. The molecule has 2 nitrogen and oxygen atoms in total. The van der Waals surface area contributed by atoms with Crippen LogP contribution in [0, 0.1) is 0 Å². The summed E-state index contributed by atoms with van der Waals surface area (Å²) in [5, 5.41) is 3.30. The molecule has 2 atom stereocenters. The molecule has 0 aliphatic rings. The summed E-state index contributed by atoms with van der Waals surface area (Å²) in [6, 6.07) is 8.84. The van der Waals surface area contributed by atoms with Crippen LogP contribution in [-0.4, -0.2) is 13.2 Å². The van der Waals surface area contributed by atoms with Gasteiger partial charge >= 0.3 is 0 Å². The Labute approximate surface area is 99.0 Å². The summed E-state index contributed by atoms with van der Waals surface area (Å²) >= 11 is 0. The molecule has 1 rings (SSSR count). The second kappa shape index (κ2) is 6.54. The highest BCUT2D eigenvalue weighted by Crippen LogP contribution is 2.20.